The number of halogens is 1. The van der Waals surface area contributed by atoms with Gasteiger partial charge in [-0.15, -0.1) is 11.8 Å². The molecule has 1 saturated carbocycles. The van der Waals surface area contributed by atoms with Crippen molar-refractivity contribution < 1.29 is 9.59 Å². The van der Waals surface area contributed by atoms with Crippen molar-refractivity contribution in [1.82, 2.24) is 10.2 Å². The van der Waals surface area contributed by atoms with Crippen LogP contribution in [0.25, 0.3) is 0 Å². The van der Waals surface area contributed by atoms with E-state index in [-0.39, 0.29) is 17.2 Å². The second-order valence-electron chi connectivity index (χ2n) is 5.44. The number of thioether (sulfide) groups is 1. The summed E-state index contributed by atoms with van der Waals surface area (Å²) in [6.45, 7) is 1.78. The molecule has 1 aromatic rings. The Balaban J connectivity index is 1.82. The molecule has 1 heterocycles. The number of rotatable bonds is 4. The van der Waals surface area contributed by atoms with Gasteiger partial charge in [0.05, 0.1) is 5.75 Å². The molecule has 21 heavy (non-hydrogen) atoms. The molecule has 1 saturated heterocycles. The van der Waals surface area contributed by atoms with Gasteiger partial charge >= 0.3 is 0 Å². The van der Waals surface area contributed by atoms with E-state index in [9.17, 15) is 9.59 Å². The zero-order valence-corrected chi connectivity index (χ0v) is 13.3. The van der Waals surface area contributed by atoms with E-state index in [1.165, 1.54) is 11.8 Å². The number of hydrogen-bond donors (Lipinski definition) is 1. The number of carbonyl (C=O) groups is 2. The van der Waals surface area contributed by atoms with Crippen LogP contribution in [-0.4, -0.2) is 34.6 Å². The van der Waals surface area contributed by atoms with Crippen molar-refractivity contribution in [2.75, 3.05) is 5.75 Å². The molecule has 1 aliphatic carbocycles. The van der Waals surface area contributed by atoms with Gasteiger partial charge in [-0.1, -0.05) is 29.8 Å². The number of nitrogens with one attached hydrogen (secondary N) is 1. The number of hydrogen-bond acceptors (Lipinski definition) is 3. The highest BCUT2D eigenvalue weighted by atomic mass is 35.5. The lowest BCUT2D eigenvalue weighted by molar-refractivity contribution is -0.137. The molecule has 2 atom stereocenters. The third-order valence-corrected chi connectivity index (χ3v) is 5.35. The number of carbonyl (C=O) groups excluding carboxylic acids is 2. The van der Waals surface area contributed by atoms with Gasteiger partial charge in [0, 0.05) is 16.6 Å². The second kappa shape index (κ2) is 5.89. The van der Waals surface area contributed by atoms with Gasteiger partial charge in [-0.25, -0.2) is 0 Å². The highest BCUT2D eigenvalue weighted by Crippen LogP contribution is 2.42. The van der Waals surface area contributed by atoms with Crippen LogP contribution in [0.15, 0.2) is 24.3 Å². The minimum absolute atomic E-state index is 0.0108. The first-order valence-electron chi connectivity index (χ1n) is 7.05. The van der Waals surface area contributed by atoms with Crippen LogP contribution >= 0.6 is 23.4 Å². The van der Waals surface area contributed by atoms with Crippen molar-refractivity contribution in [2.24, 2.45) is 0 Å². The standard InChI is InChI=1S/C15H17ClN2O2S/c1-9(14(20)17-10-6-7-10)18-13(19)8-21-15(18)11-4-2-3-5-12(11)16/h2-5,9-10,15H,6-8H2,1H3,(H,17,20)/t9-,15+/m0/s1. The molecular formula is C15H17ClN2O2S. The van der Waals surface area contributed by atoms with E-state index in [2.05, 4.69) is 5.32 Å². The van der Waals surface area contributed by atoms with Crippen LogP contribution in [0.4, 0.5) is 0 Å². The smallest absolute Gasteiger partial charge is 0.242 e. The maximum Gasteiger partial charge on any atom is 0.242 e. The van der Waals surface area contributed by atoms with Gasteiger partial charge in [0.15, 0.2) is 0 Å². The average Bonchev–Trinajstić information content (AvgIpc) is 3.19. The quantitative estimate of drug-likeness (QED) is 0.926. The molecule has 1 aliphatic heterocycles. The predicted octanol–water partition coefficient (Wildman–Crippen LogP) is 2.58. The van der Waals surface area contributed by atoms with E-state index < -0.39 is 6.04 Å². The molecule has 3 rings (SSSR count). The summed E-state index contributed by atoms with van der Waals surface area (Å²) in [6.07, 6.45) is 2.07. The Morgan fingerprint density at radius 3 is 2.81 bits per heavy atom. The number of benzene rings is 1. The molecule has 0 spiro atoms. The Morgan fingerprint density at radius 2 is 2.14 bits per heavy atom. The maximum absolute atomic E-state index is 12.2. The first-order chi connectivity index (χ1) is 10.1. The lowest BCUT2D eigenvalue weighted by atomic mass is 10.1. The molecule has 2 aliphatic rings. The molecule has 1 N–H and O–H groups in total. The Morgan fingerprint density at radius 1 is 1.43 bits per heavy atom. The summed E-state index contributed by atoms with van der Waals surface area (Å²) < 4.78 is 0. The summed E-state index contributed by atoms with van der Waals surface area (Å²) in [7, 11) is 0. The van der Waals surface area contributed by atoms with Crippen molar-refractivity contribution in [3.05, 3.63) is 34.9 Å². The first kappa shape index (κ1) is 14.7. The molecule has 2 fully saturated rings. The zero-order chi connectivity index (χ0) is 15.0. The fourth-order valence-electron chi connectivity index (χ4n) is 2.45. The predicted molar refractivity (Wildman–Crippen MR) is 84.1 cm³/mol. The van der Waals surface area contributed by atoms with Crippen molar-refractivity contribution >= 4 is 35.2 Å². The van der Waals surface area contributed by atoms with Crippen LogP contribution < -0.4 is 5.32 Å². The zero-order valence-electron chi connectivity index (χ0n) is 11.7. The lowest BCUT2D eigenvalue weighted by Crippen LogP contribution is -2.47. The summed E-state index contributed by atoms with van der Waals surface area (Å²) >= 11 is 7.76. The van der Waals surface area contributed by atoms with E-state index in [4.69, 9.17) is 11.6 Å². The van der Waals surface area contributed by atoms with Crippen LogP contribution in [-0.2, 0) is 9.59 Å². The van der Waals surface area contributed by atoms with Crippen molar-refractivity contribution in [2.45, 2.75) is 37.2 Å². The highest BCUT2D eigenvalue weighted by molar-refractivity contribution is 8.00. The fourth-order valence-corrected chi connectivity index (χ4v) is 4.04. The lowest BCUT2D eigenvalue weighted by Gasteiger charge is -2.30. The Labute approximate surface area is 133 Å². The maximum atomic E-state index is 12.2. The minimum atomic E-state index is -0.477. The van der Waals surface area contributed by atoms with Crippen LogP contribution in [0, 0.1) is 0 Å². The third-order valence-electron chi connectivity index (χ3n) is 3.80. The Hall–Kier alpha value is -1.20. The van der Waals surface area contributed by atoms with Gasteiger partial charge in [0.2, 0.25) is 11.8 Å². The average molecular weight is 325 g/mol. The molecule has 0 radical (unpaired) electrons. The van der Waals surface area contributed by atoms with Crippen molar-refractivity contribution in [1.29, 1.82) is 0 Å². The molecule has 0 bridgehead atoms. The summed E-state index contributed by atoms with van der Waals surface area (Å²) in [6, 6.07) is 7.31. The van der Waals surface area contributed by atoms with Crippen LogP contribution in [0.5, 0.6) is 0 Å². The molecular weight excluding hydrogens is 308 g/mol. The van der Waals surface area contributed by atoms with E-state index in [0.29, 0.717) is 16.8 Å². The molecule has 4 nitrogen and oxygen atoms in total. The van der Waals surface area contributed by atoms with Gasteiger partial charge in [-0.3, -0.25) is 9.59 Å². The van der Waals surface area contributed by atoms with E-state index in [1.54, 1.807) is 11.8 Å². The van der Waals surface area contributed by atoms with E-state index in [1.807, 2.05) is 24.3 Å². The first-order valence-corrected chi connectivity index (χ1v) is 8.48. The third kappa shape index (κ3) is 3.04. The highest BCUT2D eigenvalue weighted by Gasteiger charge is 2.40. The van der Waals surface area contributed by atoms with Crippen LogP contribution in [0.3, 0.4) is 0 Å². The van der Waals surface area contributed by atoms with Crippen molar-refractivity contribution in [3.63, 3.8) is 0 Å². The normalized spacial score (nSPS) is 23.2. The summed E-state index contributed by atoms with van der Waals surface area (Å²) in [5, 5.41) is 3.40. The molecule has 0 unspecified atom stereocenters. The van der Waals surface area contributed by atoms with E-state index in [0.717, 1.165) is 18.4 Å². The summed E-state index contributed by atoms with van der Waals surface area (Å²) in [4.78, 5) is 26.1. The minimum Gasteiger partial charge on any atom is -0.352 e. The Kier molecular flexibility index (Phi) is 4.13. The van der Waals surface area contributed by atoms with Crippen LogP contribution in [0.2, 0.25) is 5.02 Å². The van der Waals surface area contributed by atoms with Crippen molar-refractivity contribution in [3.8, 4) is 0 Å². The molecule has 112 valence electrons. The topological polar surface area (TPSA) is 49.4 Å². The van der Waals surface area contributed by atoms with Gasteiger partial charge in [-0.2, -0.15) is 0 Å². The summed E-state index contributed by atoms with van der Waals surface area (Å²) in [5.74, 6) is 0.297. The number of amides is 2. The van der Waals surface area contributed by atoms with Gasteiger partial charge in [0.1, 0.15) is 11.4 Å². The summed E-state index contributed by atoms with van der Waals surface area (Å²) in [5.41, 5.74) is 0.890. The van der Waals surface area contributed by atoms with Gasteiger partial charge in [-0.05, 0) is 25.8 Å². The SMILES string of the molecule is C[C@@H](C(=O)NC1CC1)N1C(=O)CS[C@@H]1c1ccccc1Cl. The van der Waals surface area contributed by atoms with Crippen LogP contribution in [0.1, 0.15) is 30.7 Å². The molecule has 6 heteroatoms. The van der Waals surface area contributed by atoms with Gasteiger partial charge in [0.25, 0.3) is 0 Å². The van der Waals surface area contributed by atoms with Gasteiger partial charge < -0.3 is 10.2 Å². The molecule has 1 aromatic carbocycles. The monoisotopic (exact) mass is 324 g/mol. The molecule has 2 amide bonds. The largest absolute Gasteiger partial charge is 0.352 e. The molecule has 0 aromatic heterocycles. The second-order valence-corrected chi connectivity index (χ2v) is 6.92. The Bertz CT molecular complexity index is 577. The fraction of sp³-hybridized carbons (Fsp3) is 0.467. The number of nitrogens with zero attached hydrogens (tertiary/aromatic N) is 1. The van der Waals surface area contributed by atoms with E-state index >= 15 is 0 Å².